The first-order chi connectivity index (χ1) is 11.1. The molecule has 23 heavy (non-hydrogen) atoms. The standard InChI is InChI=1S/C16H17N3O3S/c1-10-9-23-16(17-10)18-15(21)14-13(11-6-4-3-5-7-11)19(2)12(20)8-22-14/h3-7,9,13-14H,8H2,1-2H3,(H,17,18,21)/t13-,14-/m0/s1. The molecule has 2 atom stereocenters. The van der Waals surface area contributed by atoms with Gasteiger partial charge in [0.25, 0.3) is 5.91 Å². The molecule has 0 spiro atoms. The van der Waals surface area contributed by atoms with Crippen LogP contribution in [0.3, 0.4) is 0 Å². The molecule has 0 unspecified atom stereocenters. The summed E-state index contributed by atoms with van der Waals surface area (Å²) in [5.41, 5.74) is 1.71. The molecule has 1 N–H and O–H groups in total. The molecule has 2 aromatic rings. The second kappa shape index (κ2) is 6.47. The van der Waals surface area contributed by atoms with Crippen LogP contribution in [0.15, 0.2) is 35.7 Å². The van der Waals surface area contributed by atoms with E-state index in [1.165, 1.54) is 11.3 Å². The quantitative estimate of drug-likeness (QED) is 0.934. The predicted molar refractivity (Wildman–Crippen MR) is 87.2 cm³/mol. The molecule has 120 valence electrons. The molecule has 6 nitrogen and oxygen atoms in total. The van der Waals surface area contributed by atoms with E-state index in [1.54, 1.807) is 11.9 Å². The molecular formula is C16H17N3O3S. The van der Waals surface area contributed by atoms with Crippen molar-refractivity contribution in [2.45, 2.75) is 19.1 Å². The lowest BCUT2D eigenvalue weighted by Crippen LogP contribution is -2.51. The molecule has 1 aliphatic rings. The number of aryl methyl sites for hydroxylation is 1. The van der Waals surface area contributed by atoms with Gasteiger partial charge in [-0.25, -0.2) is 4.98 Å². The zero-order valence-electron chi connectivity index (χ0n) is 12.9. The lowest BCUT2D eigenvalue weighted by Gasteiger charge is -2.38. The van der Waals surface area contributed by atoms with Gasteiger partial charge in [0.15, 0.2) is 11.2 Å². The highest BCUT2D eigenvalue weighted by Crippen LogP contribution is 2.30. The Morgan fingerprint density at radius 2 is 2.13 bits per heavy atom. The van der Waals surface area contributed by atoms with Crippen molar-refractivity contribution in [3.05, 3.63) is 47.0 Å². The summed E-state index contributed by atoms with van der Waals surface area (Å²) in [4.78, 5) is 30.4. The van der Waals surface area contributed by atoms with Crippen LogP contribution in [0.4, 0.5) is 5.13 Å². The SMILES string of the molecule is Cc1csc(NC(=O)[C@H]2OCC(=O)N(C)[C@H]2c2ccccc2)n1. The fraction of sp³-hybridized carbons (Fsp3) is 0.312. The van der Waals surface area contributed by atoms with Gasteiger partial charge in [-0.2, -0.15) is 0 Å². The van der Waals surface area contributed by atoms with Crippen LogP contribution >= 0.6 is 11.3 Å². The molecule has 2 heterocycles. The van der Waals surface area contributed by atoms with Gasteiger partial charge in [0, 0.05) is 12.4 Å². The van der Waals surface area contributed by atoms with E-state index in [0.29, 0.717) is 5.13 Å². The lowest BCUT2D eigenvalue weighted by molar-refractivity contribution is -0.160. The average Bonchev–Trinajstić information content (AvgIpc) is 2.95. The van der Waals surface area contributed by atoms with E-state index in [4.69, 9.17) is 4.74 Å². The Hall–Kier alpha value is -2.25. The van der Waals surface area contributed by atoms with E-state index in [1.807, 2.05) is 42.6 Å². The fourth-order valence-electron chi connectivity index (χ4n) is 2.57. The lowest BCUT2D eigenvalue weighted by atomic mass is 9.98. The maximum Gasteiger partial charge on any atom is 0.257 e. The van der Waals surface area contributed by atoms with Gasteiger partial charge in [0.05, 0.1) is 11.7 Å². The van der Waals surface area contributed by atoms with Crippen LogP contribution in [0.1, 0.15) is 17.3 Å². The van der Waals surface area contributed by atoms with Crippen LogP contribution in [0.5, 0.6) is 0 Å². The highest BCUT2D eigenvalue weighted by molar-refractivity contribution is 7.13. The van der Waals surface area contributed by atoms with E-state index >= 15 is 0 Å². The molecule has 1 aliphatic heterocycles. The molecule has 2 amide bonds. The number of likely N-dealkylation sites (N-methyl/N-ethyl adjacent to an activating group) is 1. The van der Waals surface area contributed by atoms with Gasteiger partial charge < -0.3 is 9.64 Å². The smallest absolute Gasteiger partial charge is 0.257 e. The van der Waals surface area contributed by atoms with Gasteiger partial charge in [-0.05, 0) is 12.5 Å². The zero-order valence-corrected chi connectivity index (χ0v) is 13.7. The number of carbonyl (C=O) groups is 2. The average molecular weight is 331 g/mol. The Labute approximate surface area is 138 Å². The second-order valence-electron chi connectivity index (χ2n) is 5.38. The van der Waals surface area contributed by atoms with Crippen LogP contribution in [0.2, 0.25) is 0 Å². The molecule has 0 aliphatic carbocycles. The van der Waals surface area contributed by atoms with Crippen molar-refractivity contribution >= 4 is 28.3 Å². The number of thiazole rings is 1. The first-order valence-corrected chi connectivity index (χ1v) is 8.09. The maximum absolute atomic E-state index is 12.6. The van der Waals surface area contributed by atoms with Gasteiger partial charge in [-0.1, -0.05) is 30.3 Å². The van der Waals surface area contributed by atoms with Crippen LogP contribution in [0.25, 0.3) is 0 Å². The van der Waals surface area contributed by atoms with Gasteiger partial charge in [-0.3, -0.25) is 14.9 Å². The third-order valence-corrected chi connectivity index (χ3v) is 4.61. The van der Waals surface area contributed by atoms with Crippen molar-refractivity contribution in [1.29, 1.82) is 0 Å². The number of morpholine rings is 1. The first-order valence-electron chi connectivity index (χ1n) is 7.21. The van der Waals surface area contributed by atoms with Gasteiger partial charge >= 0.3 is 0 Å². The van der Waals surface area contributed by atoms with Gasteiger partial charge in [-0.15, -0.1) is 11.3 Å². The van der Waals surface area contributed by atoms with Crippen molar-refractivity contribution in [3.8, 4) is 0 Å². The number of benzene rings is 1. The highest BCUT2D eigenvalue weighted by Gasteiger charge is 2.40. The number of hydrogen-bond acceptors (Lipinski definition) is 5. The number of amides is 2. The second-order valence-corrected chi connectivity index (χ2v) is 6.23. The zero-order chi connectivity index (χ0) is 16.4. The number of nitrogens with zero attached hydrogens (tertiary/aromatic N) is 2. The molecule has 1 aromatic carbocycles. The Balaban J connectivity index is 1.85. The molecule has 0 bridgehead atoms. The van der Waals surface area contributed by atoms with E-state index in [9.17, 15) is 9.59 Å². The molecule has 3 rings (SSSR count). The Morgan fingerprint density at radius 3 is 2.78 bits per heavy atom. The topological polar surface area (TPSA) is 71.5 Å². The summed E-state index contributed by atoms with van der Waals surface area (Å²) in [5.74, 6) is -0.444. The van der Waals surface area contributed by atoms with Crippen molar-refractivity contribution < 1.29 is 14.3 Å². The van der Waals surface area contributed by atoms with Crippen LogP contribution < -0.4 is 5.32 Å². The summed E-state index contributed by atoms with van der Waals surface area (Å²) in [5, 5.41) is 5.17. The summed E-state index contributed by atoms with van der Waals surface area (Å²) < 4.78 is 5.54. The van der Waals surface area contributed by atoms with Gasteiger partial charge in [0.1, 0.15) is 6.61 Å². The number of hydrogen-bond donors (Lipinski definition) is 1. The van der Waals surface area contributed by atoms with Gasteiger partial charge in [0.2, 0.25) is 5.91 Å². The normalized spacial score (nSPS) is 21.3. The highest BCUT2D eigenvalue weighted by atomic mass is 32.1. The summed E-state index contributed by atoms with van der Waals surface area (Å²) in [6.07, 6.45) is -0.774. The monoisotopic (exact) mass is 331 g/mol. The third kappa shape index (κ3) is 3.25. The molecular weight excluding hydrogens is 314 g/mol. The molecule has 1 saturated heterocycles. The number of anilines is 1. The number of ether oxygens (including phenoxy) is 1. The summed E-state index contributed by atoms with van der Waals surface area (Å²) in [7, 11) is 1.69. The number of carbonyl (C=O) groups excluding carboxylic acids is 2. The largest absolute Gasteiger partial charge is 0.356 e. The fourth-order valence-corrected chi connectivity index (χ4v) is 3.26. The Morgan fingerprint density at radius 1 is 1.39 bits per heavy atom. The molecule has 0 saturated carbocycles. The van der Waals surface area contributed by atoms with Crippen molar-refractivity contribution in [2.24, 2.45) is 0 Å². The van der Waals surface area contributed by atoms with Crippen molar-refractivity contribution in [2.75, 3.05) is 19.0 Å². The summed E-state index contributed by atoms with van der Waals surface area (Å²) >= 11 is 1.36. The number of rotatable bonds is 3. The number of aromatic nitrogens is 1. The minimum absolute atomic E-state index is 0.102. The summed E-state index contributed by atoms with van der Waals surface area (Å²) in [6, 6.07) is 8.96. The predicted octanol–water partition coefficient (Wildman–Crippen LogP) is 1.99. The number of nitrogens with one attached hydrogen (secondary N) is 1. The third-order valence-electron chi connectivity index (χ3n) is 3.73. The first kappa shape index (κ1) is 15.6. The van der Waals surface area contributed by atoms with Crippen LogP contribution in [-0.4, -0.2) is 41.5 Å². The molecule has 7 heteroatoms. The van der Waals surface area contributed by atoms with E-state index in [0.717, 1.165) is 11.3 Å². The minimum atomic E-state index is -0.774. The van der Waals surface area contributed by atoms with E-state index in [-0.39, 0.29) is 18.4 Å². The van der Waals surface area contributed by atoms with Crippen LogP contribution in [-0.2, 0) is 14.3 Å². The van der Waals surface area contributed by atoms with Crippen molar-refractivity contribution in [3.63, 3.8) is 0 Å². The van der Waals surface area contributed by atoms with Crippen molar-refractivity contribution in [1.82, 2.24) is 9.88 Å². The van der Waals surface area contributed by atoms with Crippen LogP contribution in [0, 0.1) is 6.92 Å². The summed E-state index contributed by atoms with van der Waals surface area (Å²) in [6.45, 7) is 1.76. The maximum atomic E-state index is 12.6. The molecule has 1 fully saturated rings. The minimum Gasteiger partial charge on any atom is -0.356 e. The Bertz CT molecular complexity index is 716. The Kier molecular flexibility index (Phi) is 4.40. The molecule has 1 aromatic heterocycles. The van der Waals surface area contributed by atoms with E-state index in [2.05, 4.69) is 10.3 Å². The van der Waals surface area contributed by atoms with E-state index < -0.39 is 12.1 Å². The molecule has 0 radical (unpaired) electrons.